The van der Waals surface area contributed by atoms with Gasteiger partial charge in [0.1, 0.15) is 0 Å². The number of rotatable bonds is 4. The van der Waals surface area contributed by atoms with Gasteiger partial charge in [0.2, 0.25) is 0 Å². The maximum Gasteiger partial charge on any atom is 0.0900 e. The lowest BCUT2D eigenvalue weighted by atomic mass is 10.1. The van der Waals surface area contributed by atoms with Crippen molar-refractivity contribution in [1.82, 2.24) is 4.98 Å². The van der Waals surface area contributed by atoms with Gasteiger partial charge in [0.25, 0.3) is 0 Å². The Balaban J connectivity index is 2.22. The molecule has 2 rings (SSSR count). The van der Waals surface area contributed by atoms with Gasteiger partial charge in [-0.2, -0.15) is 0 Å². The van der Waals surface area contributed by atoms with Crippen molar-refractivity contribution in [1.29, 1.82) is 0 Å². The molecule has 0 aliphatic carbocycles. The van der Waals surface area contributed by atoms with Crippen LogP contribution in [0, 0.1) is 20.8 Å². The van der Waals surface area contributed by atoms with E-state index in [0.29, 0.717) is 0 Å². The number of thiazole rings is 1. The molecular formula is C16H23N3S. The molecule has 1 aromatic carbocycles. The molecule has 4 heteroatoms. The number of hydrogen-bond acceptors (Lipinski definition) is 4. The second kappa shape index (κ2) is 5.83. The minimum atomic E-state index is 0.277. The van der Waals surface area contributed by atoms with E-state index >= 15 is 0 Å². The Bertz CT molecular complexity index is 602. The zero-order valence-corrected chi connectivity index (χ0v) is 13.9. The fourth-order valence-electron chi connectivity index (χ4n) is 2.45. The molecule has 1 aromatic heterocycles. The van der Waals surface area contributed by atoms with Crippen molar-refractivity contribution in [3.8, 4) is 0 Å². The quantitative estimate of drug-likeness (QED) is 0.909. The Morgan fingerprint density at radius 2 is 1.90 bits per heavy atom. The van der Waals surface area contributed by atoms with Crippen molar-refractivity contribution in [2.75, 3.05) is 24.3 Å². The summed E-state index contributed by atoms with van der Waals surface area (Å²) in [5.41, 5.74) is 4.82. The molecule has 0 bridgehead atoms. The molecule has 0 radical (unpaired) electrons. The second-order valence-electron chi connectivity index (χ2n) is 5.44. The van der Waals surface area contributed by atoms with Crippen LogP contribution < -0.4 is 10.2 Å². The molecule has 0 aliphatic rings. The van der Waals surface area contributed by atoms with Crippen LogP contribution in [0.2, 0.25) is 0 Å². The largest absolute Gasteiger partial charge is 0.378 e. The van der Waals surface area contributed by atoms with Crippen molar-refractivity contribution in [3.05, 3.63) is 39.3 Å². The fraction of sp³-hybridized carbons (Fsp3) is 0.438. The van der Waals surface area contributed by atoms with Gasteiger partial charge in [-0.1, -0.05) is 6.07 Å². The normalized spacial score (nSPS) is 12.3. The van der Waals surface area contributed by atoms with Gasteiger partial charge in [-0.05, 0) is 45.4 Å². The van der Waals surface area contributed by atoms with Gasteiger partial charge < -0.3 is 10.2 Å². The van der Waals surface area contributed by atoms with Crippen LogP contribution in [-0.2, 0) is 0 Å². The van der Waals surface area contributed by atoms with E-state index in [-0.39, 0.29) is 6.04 Å². The number of aryl methyl sites for hydroxylation is 3. The van der Waals surface area contributed by atoms with Gasteiger partial charge in [0, 0.05) is 30.3 Å². The summed E-state index contributed by atoms with van der Waals surface area (Å²) in [5, 5.41) is 4.71. The molecule has 1 unspecified atom stereocenters. The molecule has 0 amide bonds. The minimum absolute atomic E-state index is 0.277. The first-order valence-electron chi connectivity index (χ1n) is 6.87. The van der Waals surface area contributed by atoms with E-state index in [9.17, 15) is 0 Å². The van der Waals surface area contributed by atoms with Gasteiger partial charge in [-0.25, -0.2) is 4.98 Å². The average Bonchev–Trinajstić information content (AvgIpc) is 2.70. The van der Waals surface area contributed by atoms with Crippen LogP contribution in [0.5, 0.6) is 0 Å². The summed E-state index contributed by atoms with van der Waals surface area (Å²) in [7, 11) is 4.15. The zero-order valence-electron chi connectivity index (χ0n) is 13.1. The number of nitrogens with zero attached hydrogens (tertiary/aromatic N) is 2. The monoisotopic (exact) mass is 289 g/mol. The molecule has 0 fully saturated rings. The summed E-state index contributed by atoms with van der Waals surface area (Å²) in [4.78, 5) is 7.96. The standard InChI is InChI=1S/C16H23N3S/c1-10-7-8-14(9-15(10)19(5)6)18-12(3)16-11(2)17-13(4)20-16/h7-9,12,18H,1-6H3. The number of anilines is 2. The maximum atomic E-state index is 4.50. The van der Waals surface area contributed by atoms with Crippen molar-refractivity contribution in [3.63, 3.8) is 0 Å². The summed E-state index contributed by atoms with van der Waals surface area (Å²) in [6, 6.07) is 6.78. The molecular weight excluding hydrogens is 266 g/mol. The minimum Gasteiger partial charge on any atom is -0.378 e. The lowest BCUT2D eigenvalue weighted by molar-refractivity contribution is 0.889. The van der Waals surface area contributed by atoms with Crippen molar-refractivity contribution < 1.29 is 0 Å². The first-order valence-corrected chi connectivity index (χ1v) is 7.68. The molecule has 3 nitrogen and oxygen atoms in total. The SMILES string of the molecule is Cc1nc(C)c(C(C)Nc2ccc(C)c(N(C)C)c2)s1. The molecule has 20 heavy (non-hydrogen) atoms. The summed E-state index contributed by atoms with van der Waals surface area (Å²) in [5.74, 6) is 0. The van der Waals surface area contributed by atoms with Crippen LogP contribution in [-0.4, -0.2) is 19.1 Å². The first kappa shape index (κ1) is 14.9. The Morgan fingerprint density at radius 1 is 1.20 bits per heavy atom. The van der Waals surface area contributed by atoms with Gasteiger partial charge in [-0.3, -0.25) is 0 Å². The molecule has 108 valence electrons. The van der Waals surface area contributed by atoms with Crippen molar-refractivity contribution in [2.45, 2.75) is 33.7 Å². The maximum absolute atomic E-state index is 4.50. The van der Waals surface area contributed by atoms with Crippen LogP contribution in [0.4, 0.5) is 11.4 Å². The Kier molecular flexibility index (Phi) is 4.33. The van der Waals surface area contributed by atoms with E-state index in [0.717, 1.165) is 16.4 Å². The molecule has 0 aliphatic heterocycles. The molecule has 0 spiro atoms. The van der Waals surface area contributed by atoms with Crippen molar-refractivity contribution in [2.24, 2.45) is 0 Å². The smallest absolute Gasteiger partial charge is 0.0900 e. The van der Waals surface area contributed by atoms with E-state index in [2.05, 4.69) is 75.2 Å². The van der Waals surface area contributed by atoms with Gasteiger partial charge in [-0.15, -0.1) is 11.3 Å². The van der Waals surface area contributed by atoms with Crippen LogP contribution >= 0.6 is 11.3 Å². The number of aromatic nitrogens is 1. The Hall–Kier alpha value is -1.55. The fourth-order valence-corrected chi connectivity index (χ4v) is 3.38. The average molecular weight is 289 g/mol. The molecule has 1 N–H and O–H groups in total. The predicted octanol–water partition coefficient (Wildman–Crippen LogP) is 4.31. The summed E-state index contributed by atoms with van der Waals surface area (Å²) >= 11 is 1.77. The summed E-state index contributed by atoms with van der Waals surface area (Å²) < 4.78 is 0. The van der Waals surface area contributed by atoms with E-state index in [1.165, 1.54) is 16.1 Å². The van der Waals surface area contributed by atoms with E-state index in [1.807, 2.05) is 0 Å². The van der Waals surface area contributed by atoms with Gasteiger partial charge in [0.05, 0.1) is 16.7 Å². The molecule has 1 atom stereocenters. The first-order chi connectivity index (χ1) is 9.38. The predicted molar refractivity (Wildman–Crippen MR) is 89.1 cm³/mol. The molecule has 1 heterocycles. The van der Waals surface area contributed by atoms with Gasteiger partial charge in [0.15, 0.2) is 0 Å². The number of hydrogen-bond donors (Lipinski definition) is 1. The van der Waals surface area contributed by atoms with Crippen molar-refractivity contribution >= 4 is 22.7 Å². The second-order valence-corrected chi connectivity index (χ2v) is 6.68. The van der Waals surface area contributed by atoms with Crippen LogP contribution in [0.25, 0.3) is 0 Å². The highest BCUT2D eigenvalue weighted by atomic mass is 32.1. The summed E-state index contributed by atoms with van der Waals surface area (Å²) in [6.07, 6.45) is 0. The van der Waals surface area contributed by atoms with Crippen LogP contribution in [0.3, 0.4) is 0 Å². The Labute approximate surface area is 125 Å². The van der Waals surface area contributed by atoms with E-state index < -0.39 is 0 Å². The third-order valence-corrected chi connectivity index (χ3v) is 4.66. The van der Waals surface area contributed by atoms with Gasteiger partial charge >= 0.3 is 0 Å². The third kappa shape index (κ3) is 3.12. The molecule has 0 saturated heterocycles. The van der Waals surface area contributed by atoms with E-state index in [4.69, 9.17) is 0 Å². The highest BCUT2D eigenvalue weighted by molar-refractivity contribution is 7.11. The summed E-state index contributed by atoms with van der Waals surface area (Å²) in [6.45, 7) is 8.47. The van der Waals surface area contributed by atoms with E-state index in [1.54, 1.807) is 11.3 Å². The lowest BCUT2D eigenvalue weighted by Crippen LogP contribution is -2.12. The Morgan fingerprint density at radius 3 is 2.45 bits per heavy atom. The number of nitrogens with one attached hydrogen (secondary N) is 1. The van der Waals surface area contributed by atoms with Crippen LogP contribution in [0.1, 0.15) is 34.1 Å². The zero-order chi connectivity index (χ0) is 14.9. The topological polar surface area (TPSA) is 28.2 Å². The third-order valence-electron chi connectivity index (χ3n) is 3.41. The number of benzene rings is 1. The molecule has 2 aromatic rings. The highest BCUT2D eigenvalue weighted by Gasteiger charge is 2.13. The van der Waals surface area contributed by atoms with Crippen LogP contribution in [0.15, 0.2) is 18.2 Å². The molecule has 0 saturated carbocycles. The lowest BCUT2D eigenvalue weighted by Gasteiger charge is -2.19. The highest BCUT2D eigenvalue weighted by Crippen LogP contribution is 2.29.